The number of nitrogens with zero attached hydrogens (tertiary/aromatic N) is 3. The SMILES string of the molecule is CN(C)C1=NC2CNC[C@]3(CNC[C@H]3C(=O)N3CC[C@@H](c4ccccc4)C[C@H]3C3CCCCC3)C2S1. The lowest BCUT2D eigenvalue weighted by Crippen LogP contribution is -2.62. The zero-order valence-electron chi connectivity index (χ0n) is 22.0. The molecule has 6 rings (SSSR count). The molecule has 5 aliphatic rings. The van der Waals surface area contributed by atoms with Crippen molar-refractivity contribution in [3.05, 3.63) is 35.9 Å². The maximum Gasteiger partial charge on any atom is 0.227 e. The van der Waals surface area contributed by atoms with Crippen molar-refractivity contribution >= 4 is 22.8 Å². The second-order valence-electron chi connectivity index (χ2n) is 12.1. The van der Waals surface area contributed by atoms with Gasteiger partial charge in [-0.25, -0.2) is 0 Å². The smallest absolute Gasteiger partial charge is 0.227 e. The molecule has 196 valence electrons. The summed E-state index contributed by atoms with van der Waals surface area (Å²) >= 11 is 1.92. The molecule has 36 heavy (non-hydrogen) atoms. The molecule has 2 unspecified atom stereocenters. The van der Waals surface area contributed by atoms with Gasteiger partial charge in [0.05, 0.1) is 12.0 Å². The van der Waals surface area contributed by atoms with Crippen LogP contribution in [0.5, 0.6) is 0 Å². The second kappa shape index (κ2) is 10.3. The van der Waals surface area contributed by atoms with Crippen molar-refractivity contribution < 1.29 is 4.79 Å². The summed E-state index contributed by atoms with van der Waals surface area (Å²) in [6, 6.07) is 11.7. The van der Waals surface area contributed by atoms with E-state index in [0.29, 0.717) is 29.0 Å². The van der Waals surface area contributed by atoms with E-state index >= 15 is 0 Å². The molecule has 1 amide bonds. The van der Waals surface area contributed by atoms with Crippen LogP contribution >= 0.6 is 11.8 Å². The quantitative estimate of drug-likeness (QED) is 0.653. The molecule has 1 spiro atoms. The molecule has 6 nitrogen and oxygen atoms in total. The molecule has 2 N–H and O–H groups in total. The van der Waals surface area contributed by atoms with Crippen LogP contribution in [0.1, 0.15) is 56.4 Å². The molecular formula is C29H43N5OS. The van der Waals surface area contributed by atoms with Gasteiger partial charge in [0.25, 0.3) is 0 Å². The second-order valence-corrected chi connectivity index (χ2v) is 13.2. The molecule has 0 bridgehead atoms. The van der Waals surface area contributed by atoms with Crippen molar-refractivity contribution in [2.24, 2.45) is 22.2 Å². The Balaban J connectivity index is 1.26. The average molecular weight is 510 g/mol. The van der Waals surface area contributed by atoms with Crippen LogP contribution in [0.2, 0.25) is 0 Å². The van der Waals surface area contributed by atoms with Crippen molar-refractivity contribution in [1.82, 2.24) is 20.4 Å². The molecule has 3 saturated heterocycles. The number of carbonyl (C=O) groups excluding carboxylic acids is 1. The van der Waals surface area contributed by atoms with Crippen molar-refractivity contribution in [2.45, 2.75) is 68.2 Å². The Bertz CT molecular complexity index is 964. The Morgan fingerprint density at radius 3 is 2.56 bits per heavy atom. The monoisotopic (exact) mass is 509 g/mol. The fourth-order valence-electron chi connectivity index (χ4n) is 7.92. The molecule has 6 atom stereocenters. The summed E-state index contributed by atoms with van der Waals surface area (Å²) < 4.78 is 0. The molecule has 1 aliphatic carbocycles. The predicted molar refractivity (Wildman–Crippen MR) is 148 cm³/mol. The van der Waals surface area contributed by atoms with E-state index in [1.165, 1.54) is 37.7 Å². The van der Waals surface area contributed by atoms with E-state index in [2.05, 4.69) is 64.9 Å². The molecule has 4 heterocycles. The fraction of sp³-hybridized carbons (Fsp3) is 0.724. The number of benzene rings is 1. The summed E-state index contributed by atoms with van der Waals surface area (Å²) in [6.45, 7) is 4.45. The van der Waals surface area contributed by atoms with Crippen LogP contribution in [0.25, 0.3) is 0 Å². The molecule has 7 heteroatoms. The fourth-order valence-corrected chi connectivity index (χ4v) is 9.43. The number of fused-ring (bicyclic) bond motifs is 2. The van der Waals surface area contributed by atoms with Gasteiger partial charge in [-0.05, 0) is 43.1 Å². The van der Waals surface area contributed by atoms with Crippen molar-refractivity contribution in [3.8, 4) is 0 Å². The average Bonchev–Trinajstić information content (AvgIpc) is 3.55. The first-order valence-electron chi connectivity index (χ1n) is 14.3. The number of piperidine rings is 2. The Morgan fingerprint density at radius 2 is 1.81 bits per heavy atom. The summed E-state index contributed by atoms with van der Waals surface area (Å²) in [4.78, 5) is 24.2. The van der Waals surface area contributed by atoms with E-state index in [9.17, 15) is 4.79 Å². The lowest BCUT2D eigenvalue weighted by Gasteiger charge is -2.49. The van der Waals surface area contributed by atoms with Gasteiger partial charge in [0.2, 0.25) is 5.91 Å². The summed E-state index contributed by atoms with van der Waals surface area (Å²) in [5.41, 5.74) is 1.39. The summed E-state index contributed by atoms with van der Waals surface area (Å²) in [6.07, 6.45) is 8.78. The topological polar surface area (TPSA) is 60.0 Å². The minimum Gasteiger partial charge on any atom is -0.358 e. The first kappa shape index (κ1) is 24.7. The Morgan fingerprint density at radius 1 is 1.06 bits per heavy atom. The first-order valence-corrected chi connectivity index (χ1v) is 15.1. The maximum atomic E-state index is 14.6. The van der Waals surface area contributed by atoms with E-state index in [0.717, 1.165) is 50.7 Å². The molecule has 4 fully saturated rings. The number of hydrogen-bond acceptors (Lipinski definition) is 6. The predicted octanol–water partition coefficient (Wildman–Crippen LogP) is 3.55. The number of aliphatic imine (C=N–C) groups is 1. The zero-order valence-corrected chi connectivity index (χ0v) is 22.8. The summed E-state index contributed by atoms with van der Waals surface area (Å²) in [5, 5.41) is 8.85. The number of carbonyl (C=O) groups is 1. The third-order valence-corrected chi connectivity index (χ3v) is 11.5. The molecule has 4 aliphatic heterocycles. The van der Waals surface area contributed by atoms with Gasteiger partial charge >= 0.3 is 0 Å². The van der Waals surface area contributed by atoms with Crippen LogP contribution in [0.4, 0.5) is 0 Å². The van der Waals surface area contributed by atoms with Gasteiger partial charge in [-0.1, -0.05) is 61.4 Å². The summed E-state index contributed by atoms with van der Waals surface area (Å²) in [5.74, 6) is 1.67. The number of rotatable bonds is 3. The minimum absolute atomic E-state index is 0.0291. The molecule has 1 aromatic carbocycles. The van der Waals surface area contributed by atoms with Gasteiger partial charge < -0.3 is 20.4 Å². The van der Waals surface area contributed by atoms with Crippen LogP contribution in [-0.4, -0.2) is 85.0 Å². The van der Waals surface area contributed by atoms with Crippen LogP contribution in [-0.2, 0) is 4.79 Å². The Kier molecular flexibility index (Phi) is 7.08. The van der Waals surface area contributed by atoms with E-state index in [-0.39, 0.29) is 17.4 Å². The molecule has 0 radical (unpaired) electrons. The highest BCUT2D eigenvalue weighted by molar-refractivity contribution is 8.14. The minimum atomic E-state index is -0.0701. The first-order chi connectivity index (χ1) is 17.6. The van der Waals surface area contributed by atoms with Gasteiger partial charge in [-0.2, -0.15) is 0 Å². The maximum absolute atomic E-state index is 14.6. The third-order valence-electron chi connectivity index (χ3n) is 9.80. The van der Waals surface area contributed by atoms with Crippen molar-refractivity contribution in [1.29, 1.82) is 0 Å². The number of amides is 1. The van der Waals surface area contributed by atoms with E-state index in [1.807, 2.05) is 11.8 Å². The number of thioether (sulfide) groups is 1. The van der Waals surface area contributed by atoms with Gasteiger partial charge in [-0.15, -0.1) is 0 Å². The van der Waals surface area contributed by atoms with Crippen molar-refractivity contribution in [3.63, 3.8) is 0 Å². The van der Waals surface area contributed by atoms with Crippen LogP contribution in [0.15, 0.2) is 35.3 Å². The standard InChI is InChI=1S/C29H43N5OS/c1-33(2)28-32-24-17-31-19-29(26(24)36-28)18-30-16-23(29)27(35)34-14-13-22(20-9-5-3-6-10-20)15-25(34)21-11-7-4-8-12-21/h3,5-6,9-10,21-26,30-31H,4,7-8,11-19H2,1-2H3/t22-,23+,24?,25+,26?,29+/m1/s1. The van der Waals surface area contributed by atoms with E-state index < -0.39 is 0 Å². The lowest BCUT2D eigenvalue weighted by molar-refractivity contribution is -0.144. The van der Waals surface area contributed by atoms with Gasteiger partial charge in [0.15, 0.2) is 5.17 Å². The van der Waals surface area contributed by atoms with E-state index in [1.54, 1.807) is 0 Å². The number of likely N-dealkylation sites (tertiary alicyclic amines) is 1. The molecule has 0 aromatic heterocycles. The Labute approximate surface area is 221 Å². The van der Waals surface area contributed by atoms with Crippen molar-refractivity contribution in [2.75, 3.05) is 46.8 Å². The molecule has 1 aromatic rings. The van der Waals surface area contributed by atoms with Gasteiger partial charge in [0.1, 0.15) is 0 Å². The highest BCUT2D eigenvalue weighted by Gasteiger charge is 2.59. The van der Waals surface area contributed by atoms with Crippen LogP contribution in [0, 0.1) is 17.3 Å². The van der Waals surface area contributed by atoms with Gasteiger partial charge in [-0.3, -0.25) is 9.79 Å². The highest BCUT2D eigenvalue weighted by Crippen LogP contribution is 2.50. The largest absolute Gasteiger partial charge is 0.358 e. The number of hydrogen-bond donors (Lipinski definition) is 2. The van der Waals surface area contributed by atoms with Gasteiger partial charge in [0, 0.05) is 63.5 Å². The zero-order chi connectivity index (χ0) is 24.7. The summed E-state index contributed by atoms with van der Waals surface area (Å²) in [7, 11) is 4.18. The number of amidine groups is 1. The highest BCUT2D eigenvalue weighted by atomic mass is 32.2. The van der Waals surface area contributed by atoms with Crippen LogP contribution in [0.3, 0.4) is 0 Å². The lowest BCUT2D eigenvalue weighted by atomic mass is 9.69. The third kappa shape index (κ3) is 4.39. The molecule has 1 saturated carbocycles. The normalized spacial score (nSPS) is 37.1. The molecular weight excluding hydrogens is 466 g/mol. The number of nitrogens with one attached hydrogen (secondary N) is 2. The van der Waals surface area contributed by atoms with E-state index in [4.69, 9.17) is 4.99 Å². The van der Waals surface area contributed by atoms with Crippen LogP contribution < -0.4 is 10.6 Å². The Hall–Kier alpha value is -1.57.